The van der Waals surface area contributed by atoms with E-state index >= 15 is 0 Å². The molecule has 29 heavy (non-hydrogen) atoms. The third kappa shape index (κ3) is 7.01. The van der Waals surface area contributed by atoms with Gasteiger partial charge in [0.2, 0.25) is 0 Å². The Morgan fingerprint density at radius 3 is 2.14 bits per heavy atom. The van der Waals surface area contributed by atoms with Crippen molar-refractivity contribution < 1.29 is 9.59 Å². The highest BCUT2D eigenvalue weighted by Gasteiger charge is 2.07. The zero-order chi connectivity index (χ0) is 20.3. The Labute approximate surface area is 174 Å². The van der Waals surface area contributed by atoms with Gasteiger partial charge in [-0.3, -0.25) is 4.79 Å². The molecule has 0 heterocycles. The molecule has 6 heteroatoms. The molecule has 5 nitrogen and oxygen atoms in total. The number of anilines is 2. The molecule has 3 amide bonds. The molecule has 0 aliphatic heterocycles. The van der Waals surface area contributed by atoms with Gasteiger partial charge in [0.1, 0.15) is 0 Å². The Kier molecular flexibility index (Phi) is 7.72. The molecular weight excluding hydrogens is 382 g/mol. The Bertz CT molecular complexity index is 933. The summed E-state index contributed by atoms with van der Waals surface area (Å²) in [6.45, 7) is 0.593. The average Bonchev–Trinajstić information content (AvgIpc) is 2.75. The summed E-state index contributed by atoms with van der Waals surface area (Å²) in [5.74, 6) is 0.744. The molecular formula is C23H23N3O2S. The van der Waals surface area contributed by atoms with Crippen molar-refractivity contribution in [2.24, 2.45) is 0 Å². The average molecular weight is 406 g/mol. The van der Waals surface area contributed by atoms with Gasteiger partial charge < -0.3 is 16.0 Å². The van der Waals surface area contributed by atoms with E-state index in [1.54, 1.807) is 48.2 Å². The smallest absolute Gasteiger partial charge is 0.319 e. The molecule has 0 aliphatic rings. The number of hydrogen-bond acceptors (Lipinski definition) is 3. The first kappa shape index (κ1) is 20.5. The number of carbonyl (C=O) groups is 2. The van der Waals surface area contributed by atoms with Crippen molar-refractivity contribution in [1.29, 1.82) is 0 Å². The van der Waals surface area contributed by atoms with Gasteiger partial charge in [0.05, 0.1) is 0 Å². The highest BCUT2D eigenvalue weighted by molar-refractivity contribution is 7.99. The van der Waals surface area contributed by atoms with Gasteiger partial charge >= 0.3 is 6.03 Å². The predicted octanol–water partition coefficient (Wildman–Crippen LogP) is 5.24. The van der Waals surface area contributed by atoms with E-state index in [9.17, 15) is 9.59 Å². The van der Waals surface area contributed by atoms with Crippen LogP contribution >= 0.6 is 11.8 Å². The van der Waals surface area contributed by atoms with Crippen molar-refractivity contribution in [2.75, 3.05) is 22.9 Å². The van der Waals surface area contributed by atoms with Gasteiger partial charge in [-0.05, 0) is 54.6 Å². The van der Waals surface area contributed by atoms with Gasteiger partial charge in [0.15, 0.2) is 0 Å². The number of rotatable bonds is 8. The second kappa shape index (κ2) is 10.9. The number of amides is 3. The van der Waals surface area contributed by atoms with Crippen LogP contribution in [0.4, 0.5) is 16.2 Å². The molecule has 0 aliphatic carbocycles. The summed E-state index contributed by atoms with van der Waals surface area (Å²) in [5, 5.41) is 8.48. The highest BCUT2D eigenvalue weighted by Crippen LogP contribution is 2.18. The third-order valence-electron chi connectivity index (χ3n) is 4.03. The molecule has 148 valence electrons. The van der Waals surface area contributed by atoms with Crippen LogP contribution in [0.25, 0.3) is 0 Å². The number of nitrogens with one attached hydrogen (secondary N) is 3. The minimum absolute atomic E-state index is 0.192. The van der Waals surface area contributed by atoms with Crippen LogP contribution in [0.1, 0.15) is 16.8 Å². The topological polar surface area (TPSA) is 70.2 Å². The van der Waals surface area contributed by atoms with Crippen LogP contribution in [0, 0.1) is 0 Å². The standard InChI is InChI=1S/C23H23N3O2S/c27-22(18-9-3-1-4-10-18)25-19-11-7-12-20(17-19)26-23(28)24-15-8-16-29-21-13-5-2-6-14-21/h1-7,9-14,17H,8,15-16H2,(H,25,27)(H2,24,26,28). The number of urea groups is 1. The summed E-state index contributed by atoms with van der Waals surface area (Å²) in [6, 6.07) is 26.0. The van der Waals surface area contributed by atoms with Crippen LogP contribution in [0.2, 0.25) is 0 Å². The maximum atomic E-state index is 12.2. The molecule has 0 fully saturated rings. The molecule has 3 aromatic carbocycles. The Balaban J connectivity index is 1.41. The lowest BCUT2D eigenvalue weighted by Gasteiger charge is -2.10. The molecule has 3 rings (SSSR count). The number of hydrogen-bond donors (Lipinski definition) is 3. The van der Waals surface area contributed by atoms with E-state index in [0.29, 0.717) is 23.5 Å². The van der Waals surface area contributed by atoms with Crippen LogP contribution in [0.15, 0.2) is 89.8 Å². The minimum Gasteiger partial charge on any atom is -0.338 e. The molecule has 0 unspecified atom stereocenters. The van der Waals surface area contributed by atoms with E-state index in [-0.39, 0.29) is 11.9 Å². The van der Waals surface area contributed by atoms with Crippen molar-refractivity contribution in [3.05, 3.63) is 90.5 Å². The monoisotopic (exact) mass is 405 g/mol. The Morgan fingerprint density at radius 1 is 0.759 bits per heavy atom. The zero-order valence-corrected chi connectivity index (χ0v) is 16.7. The van der Waals surface area contributed by atoms with Gasteiger partial charge in [-0.2, -0.15) is 0 Å². The highest BCUT2D eigenvalue weighted by atomic mass is 32.2. The molecule has 0 spiro atoms. The molecule has 0 saturated heterocycles. The van der Waals surface area contributed by atoms with Crippen LogP contribution in [-0.4, -0.2) is 24.2 Å². The predicted molar refractivity (Wildman–Crippen MR) is 120 cm³/mol. The molecule has 3 aromatic rings. The fourth-order valence-electron chi connectivity index (χ4n) is 2.62. The van der Waals surface area contributed by atoms with Crippen molar-refractivity contribution in [3.63, 3.8) is 0 Å². The lowest BCUT2D eigenvalue weighted by molar-refractivity contribution is 0.102. The molecule has 0 bridgehead atoms. The van der Waals surface area contributed by atoms with Crippen molar-refractivity contribution in [1.82, 2.24) is 5.32 Å². The zero-order valence-electron chi connectivity index (χ0n) is 15.9. The van der Waals surface area contributed by atoms with Crippen LogP contribution in [0.5, 0.6) is 0 Å². The quantitative estimate of drug-likeness (QED) is 0.354. The number of carbonyl (C=O) groups excluding carboxylic acids is 2. The maximum absolute atomic E-state index is 12.2. The lowest BCUT2D eigenvalue weighted by atomic mass is 10.2. The fraction of sp³-hybridized carbons (Fsp3) is 0.130. The Hall–Kier alpha value is -3.25. The first-order valence-electron chi connectivity index (χ1n) is 9.40. The van der Waals surface area contributed by atoms with Crippen LogP contribution in [0.3, 0.4) is 0 Å². The van der Waals surface area contributed by atoms with Gasteiger partial charge in [0, 0.05) is 28.4 Å². The normalized spacial score (nSPS) is 10.2. The maximum Gasteiger partial charge on any atom is 0.319 e. The lowest BCUT2D eigenvalue weighted by Crippen LogP contribution is -2.29. The number of thioether (sulfide) groups is 1. The van der Waals surface area contributed by atoms with Gasteiger partial charge in [0.25, 0.3) is 5.91 Å². The van der Waals surface area contributed by atoms with Crippen LogP contribution in [-0.2, 0) is 0 Å². The van der Waals surface area contributed by atoms with E-state index in [2.05, 4.69) is 28.1 Å². The molecule has 0 saturated carbocycles. The van der Waals surface area contributed by atoms with Gasteiger partial charge in [-0.1, -0.05) is 42.5 Å². The van der Waals surface area contributed by atoms with Crippen molar-refractivity contribution >= 4 is 35.1 Å². The largest absolute Gasteiger partial charge is 0.338 e. The first-order chi connectivity index (χ1) is 14.2. The number of benzene rings is 3. The van der Waals surface area contributed by atoms with Gasteiger partial charge in [-0.15, -0.1) is 11.8 Å². The summed E-state index contributed by atoms with van der Waals surface area (Å²) in [6.07, 6.45) is 0.875. The fourth-order valence-corrected chi connectivity index (χ4v) is 3.50. The molecule has 0 atom stereocenters. The first-order valence-corrected chi connectivity index (χ1v) is 10.4. The van der Waals surface area contributed by atoms with Crippen molar-refractivity contribution in [3.8, 4) is 0 Å². The second-order valence-electron chi connectivity index (χ2n) is 6.30. The minimum atomic E-state index is -0.263. The second-order valence-corrected chi connectivity index (χ2v) is 7.47. The van der Waals surface area contributed by atoms with E-state index in [1.807, 2.05) is 36.4 Å². The van der Waals surface area contributed by atoms with E-state index in [4.69, 9.17) is 0 Å². The Morgan fingerprint density at radius 2 is 1.41 bits per heavy atom. The molecule has 0 aromatic heterocycles. The summed E-state index contributed by atoms with van der Waals surface area (Å²) < 4.78 is 0. The summed E-state index contributed by atoms with van der Waals surface area (Å²) >= 11 is 1.77. The summed E-state index contributed by atoms with van der Waals surface area (Å²) in [7, 11) is 0. The van der Waals surface area contributed by atoms with E-state index in [0.717, 1.165) is 12.2 Å². The summed E-state index contributed by atoms with van der Waals surface area (Å²) in [4.78, 5) is 25.6. The van der Waals surface area contributed by atoms with E-state index in [1.165, 1.54) is 4.90 Å². The van der Waals surface area contributed by atoms with Crippen molar-refractivity contribution in [2.45, 2.75) is 11.3 Å². The SMILES string of the molecule is O=C(NCCCSc1ccccc1)Nc1cccc(NC(=O)c2ccccc2)c1. The van der Waals surface area contributed by atoms with Gasteiger partial charge in [-0.25, -0.2) is 4.79 Å². The molecule has 3 N–H and O–H groups in total. The summed E-state index contributed by atoms with van der Waals surface area (Å²) in [5.41, 5.74) is 1.82. The third-order valence-corrected chi connectivity index (χ3v) is 5.13. The molecule has 0 radical (unpaired) electrons. The van der Waals surface area contributed by atoms with E-state index < -0.39 is 0 Å². The van der Waals surface area contributed by atoms with Crippen LogP contribution < -0.4 is 16.0 Å².